The number of para-hydroxylation sites is 5. The average molecular weight is 817 g/mol. The van der Waals surface area contributed by atoms with Crippen LogP contribution in [0, 0.1) is 6.07 Å². The minimum absolute atomic E-state index is 0. The fourth-order valence-corrected chi connectivity index (χ4v) is 8.68. The number of imidazole rings is 1. The van der Waals surface area contributed by atoms with Crippen molar-refractivity contribution in [2.45, 2.75) is 39.5 Å². The molecule has 6 aromatic carbocycles. The molecule has 48 heavy (non-hydrogen) atoms. The van der Waals surface area contributed by atoms with Crippen LogP contribution in [0.25, 0.3) is 75.8 Å². The standard InChI is InChI=1S/C43H34N3S.Ir/c1-26(2)28-17-13-18-29(27(3)4)41(28)46-37-22-11-8-19-34(37)44-43(46)33-24-25-38(42-40(33)32-16-7-12-23-39(32)47-42)45-35-20-9-5-14-30(35)31-15-6-10-21-36(31)45;/h5-23,25-27H,1-4H3;/q-1;. The number of thiophene rings is 1. The number of benzene rings is 6. The van der Waals surface area contributed by atoms with Gasteiger partial charge in [-0.25, -0.2) is 0 Å². The van der Waals surface area contributed by atoms with Gasteiger partial charge >= 0.3 is 0 Å². The summed E-state index contributed by atoms with van der Waals surface area (Å²) >= 11 is 1.86. The molecule has 237 valence electrons. The topological polar surface area (TPSA) is 22.8 Å². The second kappa shape index (κ2) is 11.9. The van der Waals surface area contributed by atoms with Gasteiger partial charge in [-0.3, -0.25) is 4.98 Å². The van der Waals surface area contributed by atoms with Crippen LogP contribution < -0.4 is 0 Å². The molecule has 3 heterocycles. The molecule has 0 amide bonds. The molecule has 0 fully saturated rings. The van der Waals surface area contributed by atoms with Crippen molar-refractivity contribution in [2.24, 2.45) is 0 Å². The molecule has 0 atom stereocenters. The van der Waals surface area contributed by atoms with Gasteiger partial charge < -0.3 is 9.13 Å². The zero-order valence-electron chi connectivity index (χ0n) is 27.3. The van der Waals surface area contributed by atoms with Crippen LogP contribution in [-0.2, 0) is 20.1 Å². The van der Waals surface area contributed by atoms with E-state index in [0.29, 0.717) is 11.8 Å². The van der Waals surface area contributed by atoms with Gasteiger partial charge in [0.2, 0.25) is 0 Å². The van der Waals surface area contributed by atoms with Gasteiger partial charge in [0.1, 0.15) is 0 Å². The van der Waals surface area contributed by atoms with E-state index in [1.807, 2.05) is 11.3 Å². The Morgan fingerprint density at radius 2 is 1.17 bits per heavy atom. The maximum atomic E-state index is 5.42. The number of hydrogen-bond acceptors (Lipinski definition) is 2. The monoisotopic (exact) mass is 817 g/mol. The number of hydrogen-bond donors (Lipinski definition) is 0. The summed E-state index contributed by atoms with van der Waals surface area (Å²) in [7, 11) is 0. The number of rotatable bonds is 5. The molecule has 0 aliphatic heterocycles. The van der Waals surface area contributed by atoms with Crippen molar-refractivity contribution < 1.29 is 20.1 Å². The van der Waals surface area contributed by atoms with Gasteiger partial charge in [-0.15, -0.1) is 12.1 Å². The summed E-state index contributed by atoms with van der Waals surface area (Å²) in [6.07, 6.45) is 0. The zero-order chi connectivity index (χ0) is 31.8. The van der Waals surface area contributed by atoms with Crippen LogP contribution in [0.1, 0.15) is 50.7 Å². The Labute approximate surface area is 297 Å². The minimum atomic E-state index is 0. The Morgan fingerprint density at radius 1 is 0.604 bits per heavy atom. The molecule has 9 rings (SSSR count). The van der Waals surface area contributed by atoms with Gasteiger partial charge in [0, 0.05) is 52.3 Å². The molecule has 0 unspecified atom stereocenters. The van der Waals surface area contributed by atoms with Crippen LogP contribution in [0.15, 0.2) is 121 Å². The molecule has 0 N–H and O–H groups in total. The van der Waals surface area contributed by atoms with Crippen molar-refractivity contribution in [1.82, 2.24) is 14.1 Å². The SMILES string of the molecule is CC(C)c1cccc(C(C)C)c1-n1c(-c2[c-]cc(-n3c4ccccc4c4ccccc43)c3sc4ccccc4c23)nc2ccccc21.[Ir]. The molecule has 0 aliphatic rings. The van der Waals surface area contributed by atoms with Crippen molar-refractivity contribution in [3.63, 3.8) is 0 Å². The van der Waals surface area contributed by atoms with E-state index in [0.717, 1.165) is 28.1 Å². The van der Waals surface area contributed by atoms with Crippen LogP contribution in [0.5, 0.6) is 0 Å². The van der Waals surface area contributed by atoms with Crippen molar-refractivity contribution in [2.75, 3.05) is 0 Å². The largest absolute Gasteiger partial charge is 0.349 e. The van der Waals surface area contributed by atoms with Gasteiger partial charge in [0.15, 0.2) is 0 Å². The van der Waals surface area contributed by atoms with Crippen molar-refractivity contribution in [3.8, 4) is 22.8 Å². The Morgan fingerprint density at radius 3 is 1.81 bits per heavy atom. The average Bonchev–Trinajstić information content (AvgIpc) is 3.78. The summed E-state index contributed by atoms with van der Waals surface area (Å²) < 4.78 is 7.36. The van der Waals surface area contributed by atoms with Gasteiger partial charge in [-0.05, 0) is 69.1 Å². The molecule has 3 nitrogen and oxygen atoms in total. The van der Waals surface area contributed by atoms with E-state index in [1.165, 1.54) is 58.8 Å². The summed E-state index contributed by atoms with van der Waals surface area (Å²) in [4.78, 5) is 5.42. The zero-order valence-corrected chi connectivity index (χ0v) is 30.5. The third-order valence-electron chi connectivity index (χ3n) is 9.60. The number of nitrogens with zero attached hydrogens (tertiary/aromatic N) is 3. The van der Waals surface area contributed by atoms with E-state index in [9.17, 15) is 0 Å². The Bertz CT molecular complexity index is 2570. The van der Waals surface area contributed by atoms with Crippen LogP contribution >= 0.6 is 11.3 Å². The van der Waals surface area contributed by atoms with Gasteiger partial charge in [0.25, 0.3) is 0 Å². The smallest absolute Gasteiger partial charge is 0.0774 e. The van der Waals surface area contributed by atoms with Crippen molar-refractivity contribution >= 4 is 64.3 Å². The van der Waals surface area contributed by atoms with E-state index in [1.54, 1.807) is 0 Å². The third kappa shape index (κ3) is 4.53. The van der Waals surface area contributed by atoms with Crippen LogP contribution in [0.4, 0.5) is 0 Å². The molecule has 0 saturated heterocycles. The Balaban J connectivity index is 0.00000336. The van der Waals surface area contributed by atoms with E-state index >= 15 is 0 Å². The Kier molecular flexibility index (Phi) is 7.60. The van der Waals surface area contributed by atoms with Crippen LogP contribution in [0.3, 0.4) is 0 Å². The first-order valence-electron chi connectivity index (χ1n) is 16.5. The summed E-state index contributed by atoms with van der Waals surface area (Å²) in [5.74, 6) is 1.63. The molecule has 1 radical (unpaired) electrons. The first-order chi connectivity index (χ1) is 23.0. The molecular formula is C43H34IrN3S-. The fraction of sp³-hybridized carbons (Fsp3) is 0.140. The predicted octanol–water partition coefficient (Wildman–Crippen LogP) is 12.2. The van der Waals surface area contributed by atoms with E-state index in [-0.39, 0.29) is 20.1 Å². The van der Waals surface area contributed by atoms with Crippen LogP contribution in [0.2, 0.25) is 0 Å². The summed E-state index contributed by atoms with van der Waals surface area (Å²) in [6, 6.07) is 47.7. The predicted molar refractivity (Wildman–Crippen MR) is 201 cm³/mol. The quantitative estimate of drug-likeness (QED) is 0.159. The first-order valence-corrected chi connectivity index (χ1v) is 17.3. The van der Waals surface area contributed by atoms with E-state index in [2.05, 4.69) is 164 Å². The normalized spacial score (nSPS) is 12.0. The molecule has 3 aromatic heterocycles. The van der Waals surface area contributed by atoms with E-state index < -0.39 is 0 Å². The second-order valence-electron chi connectivity index (χ2n) is 13.1. The van der Waals surface area contributed by atoms with Gasteiger partial charge in [0.05, 0.1) is 16.9 Å². The molecule has 5 heteroatoms. The summed E-state index contributed by atoms with van der Waals surface area (Å²) in [5, 5.41) is 4.96. The molecule has 0 bridgehead atoms. The summed E-state index contributed by atoms with van der Waals surface area (Å²) in [6.45, 7) is 9.16. The fourth-order valence-electron chi connectivity index (χ4n) is 7.47. The van der Waals surface area contributed by atoms with Gasteiger partial charge in [-0.2, -0.15) is 11.3 Å². The van der Waals surface area contributed by atoms with Crippen molar-refractivity contribution in [3.05, 3.63) is 139 Å². The Hall–Kier alpha value is -4.54. The maximum Gasteiger partial charge on any atom is 0.0774 e. The molecule has 0 aliphatic carbocycles. The van der Waals surface area contributed by atoms with E-state index in [4.69, 9.17) is 4.98 Å². The molecule has 9 aromatic rings. The first kappa shape index (κ1) is 30.8. The molecular weight excluding hydrogens is 783 g/mol. The minimum Gasteiger partial charge on any atom is -0.349 e. The van der Waals surface area contributed by atoms with Crippen molar-refractivity contribution in [1.29, 1.82) is 0 Å². The number of aromatic nitrogens is 3. The summed E-state index contributed by atoms with van der Waals surface area (Å²) in [5.41, 5.74) is 10.6. The van der Waals surface area contributed by atoms with Crippen LogP contribution in [-0.4, -0.2) is 14.1 Å². The number of fused-ring (bicyclic) bond motifs is 7. The molecule has 0 saturated carbocycles. The third-order valence-corrected chi connectivity index (χ3v) is 10.8. The maximum absolute atomic E-state index is 5.42. The molecule has 0 spiro atoms. The van der Waals surface area contributed by atoms with Gasteiger partial charge in [-0.1, -0.05) is 124 Å². The second-order valence-corrected chi connectivity index (χ2v) is 14.1.